The molecule has 1 aliphatic rings. The number of rotatable bonds is 5. The van der Waals surface area contributed by atoms with Crippen LogP contribution in [0, 0.1) is 5.82 Å². The van der Waals surface area contributed by atoms with Gasteiger partial charge in [0, 0.05) is 24.6 Å². The van der Waals surface area contributed by atoms with Gasteiger partial charge in [-0.2, -0.15) is 0 Å². The lowest BCUT2D eigenvalue weighted by molar-refractivity contribution is -0.137. The molecule has 1 aromatic rings. The Labute approximate surface area is 127 Å². The Hall–Kier alpha value is -2.31. The van der Waals surface area contributed by atoms with Gasteiger partial charge in [-0.05, 0) is 25.3 Å². The molecule has 2 amide bonds. The number of fused-ring (bicyclic) bond motifs is 1. The minimum absolute atomic E-state index is 0.0136. The molecule has 3 N–H and O–H groups in total. The smallest absolute Gasteiger partial charge is 0.315 e. The number of hydrogen-bond acceptors (Lipinski definition) is 3. The zero-order valence-corrected chi connectivity index (χ0v) is 12.1. The van der Waals surface area contributed by atoms with Crippen molar-refractivity contribution in [2.24, 2.45) is 0 Å². The van der Waals surface area contributed by atoms with Gasteiger partial charge >= 0.3 is 12.0 Å². The molecule has 0 saturated heterocycles. The van der Waals surface area contributed by atoms with Crippen LogP contribution in [0.3, 0.4) is 0 Å². The standard InChI is InChI=1S/C15H19FN2O4/c16-10-5-6-11-12(3-2-8-22-13(11)9-10)18-15(21)17-7-1-4-14(19)20/h5-6,9,12H,1-4,7-8H2,(H,19,20)(H2,17,18,21). The van der Waals surface area contributed by atoms with E-state index in [4.69, 9.17) is 9.84 Å². The normalized spacial score (nSPS) is 16.9. The lowest BCUT2D eigenvalue weighted by Gasteiger charge is -2.18. The van der Waals surface area contributed by atoms with E-state index >= 15 is 0 Å². The molecule has 1 aromatic carbocycles. The molecule has 0 saturated carbocycles. The maximum Gasteiger partial charge on any atom is 0.315 e. The maximum absolute atomic E-state index is 13.3. The number of nitrogens with one attached hydrogen (secondary N) is 2. The fourth-order valence-electron chi connectivity index (χ4n) is 2.35. The van der Waals surface area contributed by atoms with E-state index in [-0.39, 0.29) is 30.9 Å². The van der Waals surface area contributed by atoms with Crippen molar-refractivity contribution < 1.29 is 23.8 Å². The third-order valence-electron chi connectivity index (χ3n) is 3.40. The number of carboxylic acids is 1. The van der Waals surface area contributed by atoms with Crippen molar-refractivity contribution in [1.82, 2.24) is 10.6 Å². The first-order valence-electron chi connectivity index (χ1n) is 7.24. The summed E-state index contributed by atoms with van der Waals surface area (Å²) < 4.78 is 18.7. The van der Waals surface area contributed by atoms with E-state index in [9.17, 15) is 14.0 Å². The largest absolute Gasteiger partial charge is 0.493 e. The van der Waals surface area contributed by atoms with Crippen LogP contribution in [0.2, 0.25) is 0 Å². The van der Waals surface area contributed by atoms with Gasteiger partial charge in [0.05, 0.1) is 12.6 Å². The van der Waals surface area contributed by atoms with Crippen LogP contribution < -0.4 is 15.4 Å². The number of halogens is 1. The first kappa shape index (κ1) is 16.1. The molecular formula is C15H19FN2O4. The number of carbonyl (C=O) groups excluding carboxylic acids is 1. The van der Waals surface area contributed by atoms with E-state index in [0.29, 0.717) is 25.2 Å². The van der Waals surface area contributed by atoms with Crippen molar-refractivity contribution >= 4 is 12.0 Å². The molecule has 2 rings (SSSR count). The molecule has 0 fully saturated rings. The molecule has 120 valence electrons. The van der Waals surface area contributed by atoms with Gasteiger partial charge in [-0.3, -0.25) is 4.79 Å². The first-order chi connectivity index (χ1) is 10.6. The molecule has 6 nitrogen and oxygen atoms in total. The number of ether oxygens (including phenoxy) is 1. The topological polar surface area (TPSA) is 87.7 Å². The second-order valence-corrected chi connectivity index (χ2v) is 5.12. The number of carboxylic acid groups (broad SMARTS) is 1. The summed E-state index contributed by atoms with van der Waals surface area (Å²) in [7, 11) is 0. The van der Waals surface area contributed by atoms with Gasteiger partial charge in [-0.1, -0.05) is 6.07 Å². The predicted molar refractivity (Wildman–Crippen MR) is 77.3 cm³/mol. The Morgan fingerprint density at radius 1 is 1.41 bits per heavy atom. The summed E-state index contributed by atoms with van der Waals surface area (Å²) in [5, 5.41) is 14.0. The zero-order valence-electron chi connectivity index (χ0n) is 12.1. The number of carbonyl (C=O) groups is 2. The second kappa shape index (κ2) is 7.63. The molecule has 1 aliphatic heterocycles. The highest BCUT2D eigenvalue weighted by atomic mass is 19.1. The van der Waals surface area contributed by atoms with Gasteiger partial charge in [0.25, 0.3) is 0 Å². The van der Waals surface area contributed by atoms with Crippen molar-refractivity contribution in [2.45, 2.75) is 31.7 Å². The first-order valence-corrected chi connectivity index (χ1v) is 7.24. The van der Waals surface area contributed by atoms with Crippen LogP contribution >= 0.6 is 0 Å². The average molecular weight is 310 g/mol. The highest BCUT2D eigenvalue weighted by Gasteiger charge is 2.21. The summed E-state index contributed by atoms with van der Waals surface area (Å²) in [4.78, 5) is 22.3. The van der Waals surface area contributed by atoms with Gasteiger partial charge < -0.3 is 20.5 Å². The van der Waals surface area contributed by atoms with Gasteiger partial charge in [0.15, 0.2) is 0 Å². The van der Waals surface area contributed by atoms with E-state index in [2.05, 4.69) is 10.6 Å². The van der Waals surface area contributed by atoms with E-state index in [0.717, 1.165) is 12.0 Å². The summed E-state index contributed by atoms with van der Waals surface area (Å²) in [5.41, 5.74) is 0.750. The molecule has 1 atom stereocenters. The summed E-state index contributed by atoms with van der Waals surface area (Å²) in [6, 6.07) is 3.66. The highest BCUT2D eigenvalue weighted by molar-refractivity contribution is 5.74. The van der Waals surface area contributed by atoms with Crippen LogP contribution in [0.25, 0.3) is 0 Å². The Morgan fingerprint density at radius 2 is 2.23 bits per heavy atom. The minimum Gasteiger partial charge on any atom is -0.493 e. The maximum atomic E-state index is 13.3. The number of aliphatic carboxylic acids is 1. The van der Waals surface area contributed by atoms with Crippen LogP contribution in [0.5, 0.6) is 5.75 Å². The van der Waals surface area contributed by atoms with Crippen molar-refractivity contribution in [3.05, 3.63) is 29.6 Å². The van der Waals surface area contributed by atoms with Crippen LogP contribution in [-0.4, -0.2) is 30.3 Å². The quantitative estimate of drug-likeness (QED) is 0.728. The highest BCUT2D eigenvalue weighted by Crippen LogP contribution is 2.31. The van der Waals surface area contributed by atoms with E-state index in [1.54, 1.807) is 6.07 Å². The number of amides is 2. The van der Waals surface area contributed by atoms with Crippen LogP contribution in [0.15, 0.2) is 18.2 Å². The van der Waals surface area contributed by atoms with E-state index in [1.165, 1.54) is 12.1 Å². The third kappa shape index (κ3) is 4.61. The van der Waals surface area contributed by atoms with Crippen LogP contribution in [0.1, 0.15) is 37.3 Å². The Kier molecular flexibility index (Phi) is 5.57. The molecule has 0 bridgehead atoms. The van der Waals surface area contributed by atoms with Crippen LogP contribution in [0.4, 0.5) is 9.18 Å². The van der Waals surface area contributed by atoms with Gasteiger partial charge in [0.1, 0.15) is 11.6 Å². The molecule has 22 heavy (non-hydrogen) atoms. The van der Waals surface area contributed by atoms with Crippen molar-refractivity contribution in [3.63, 3.8) is 0 Å². The van der Waals surface area contributed by atoms with E-state index < -0.39 is 5.97 Å². The average Bonchev–Trinajstić information content (AvgIpc) is 2.65. The molecule has 1 heterocycles. The molecule has 1 unspecified atom stereocenters. The fourth-order valence-corrected chi connectivity index (χ4v) is 2.35. The van der Waals surface area contributed by atoms with Crippen LogP contribution in [-0.2, 0) is 4.79 Å². The molecule has 0 aliphatic carbocycles. The Bertz CT molecular complexity index is 550. The second-order valence-electron chi connectivity index (χ2n) is 5.12. The summed E-state index contributed by atoms with van der Waals surface area (Å²) >= 11 is 0. The van der Waals surface area contributed by atoms with Crippen molar-refractivity contribution in [2.75, 3.05) is 13.2 Å². The number of benzene rings is 1. The van der Waals surface area contributed by atoms with Gasteiger partial charge in [-0.25, -0.2) is 9.18 Å². The van der Waals surface area contributed by atoms with Crippen molar-refractivity contribution in [1.29, 1.82) is 0 Å². The summed E-state index contributed by atoms with van der Waals surface area (Å²) in [6.45, 7) is 0.770. The van der Waals surface area contributed by atoms with Crippen molar-refractivity contribution in [3.8, 4) is 5.75 Å². The Morgan fingerprint density at radius 3 is 3.00 bits per heavy atom. The number of hydrogen-bond donors (Lipinski definition) is 3. The Balaban J connectivity index is 1.92. The molecule has 0 radical (unpaired) electrons. The molecule has 0 spiro atoms. The predicted octanol–water partition coefficient (Wildman–Crippen LogP) is 2.20. The molecular weight excluding hydrogens is 291 g/mol. The van der Waals surface area contributed by atoms with E-state index in [1.807, 2.05) is 0 Å². The summed E-state index contributed by atoms with van der Waals surface area (Å²) in [5.74, 6) is -0.815. The fraction of sp³-hybridized carbons (Fsp3) is 0.467. The lowest BCUT2D eigenvalue weighted by Crippen LogP contribution is -2.38. The third-order valence-corrected chi connectivity index (χ3v) is 3.40. The number of urea groups is 1. The lowest BCUT2D eigenvalue weighted by atomic mass is 10.0. The molecule has 7 heteroatoms. The SMILES string of the molecule is O=C(O)CCCNC(=O)NC1CCCOc2cc(F)ccc21. The van der Waals surface area contributed by atoms with Gasteiger partial charge in [-0.15, -0.1) is 0 Å². The minimum atomic E-state index is -0.890. The van der Waals surface area contributed by atoms with Gasteiger partial charge in [0.2, 0.25) is 0 Å². The molecule has 0 aromatic heterocycles. The summed E-state index contributed by atoms with van der Waals surface area (Å²) in [6.07, 6.45) is 1.83. The monoisotopic (exact) mass is 310 g/mol. The zero-order chi connectivity index (χ0) is 15.9.